The van der Waals surface area contributed by atoms with Gasteiger partial charge in [-0.05, 0) is 30.7 Å². The molecule has 134 valence electrons. The third kappa shape index (κ3) is 4.60. The molecule has 0 aliphatic carbocycles. The lowest BCUT2D eigenvalue weighted by molar-refractivity contribution is -0.120. The van der Waals surface area contributed by atoms with Gasteiger partial charge in [0.1, 0.15) is 5.75 Å². The summed E-state index contributed by atoms with van der Waals surface area (Å²) in [5, 5.41) is 7.47. The predicted octanol–water partition coefficient (Wildman–Crippen LogP) is 2.32. The average Bonchev–Trinajstić information content (AvgIpc) is 3.03. The monoisotopic (exact) mass is 342 g/mol. The molecule has 0 radical (unpaired) electrons. The second kappa shape index (κ2) is 8.16. The van der Waals surface area contributed by atoms with Crippen LogP contribution in [0.2, 0.25) is 0 Å². The summed E-state index contributed by atoms with van der Waals surface area (Å²) in [6, 6.07) is 10.4. The first-order valence-electron chi connectivity index (χ1n) is 8.94. The molecule has 2 heterocycles. The molecule has 0 bridgehead atoms. The minimum absolute atomic E-state index is 0.0584. The van der Waals surface area contributed by atoms with Crippen LogP contribution < -0.4 is 10.1 Å². The van der Waals surface area contributed by atoms with Crippen LogP contribution in [0, 0.1) is 0 Å². The van der Waals surface area contributed by atoms with Crippen molar-refractivity contribution < 1.29 is 9.53 Å². The van der Waals surface area contributed by atoms with Crippen LogP contribution in [0.15, 0.2) is 30.3 Å². The lowest BCUT2D eigenvalue weighted by atomic mass is 10.2. The van der Waals surface area contributed by atoms with E-state index in [1.54, 1.807) is 0 Å². The zero-order valence-electron chi connectivity index (χ0n) is 15.0. The molecule has 0 spiro atoms. The highest BCUT2D eigenvalue weighted by Crippen LogP contribution is 2.18. The van der Waals surface area contributed by atoms with Crippen LogP contribution in [0.4, 0.5) is 0 Å². The van der Waals surface area contributed by atoms with E-state index in [1.807, 2.05) is 26.0 Å². The third-order valence-corrected chi connectivity index (χ3v) is 4.36. The standard InChI is InChI=1S/C19H26N4O2/c1-3-19(24)20-12-16-11-17-14-22(9-10-23(17)21-16)13-15-5-7-18(8-6-15)25-4-2/h5-8,11H,3-4,9-10,12-14H2,1-2H3,(H,20,24). The molecule has 1 aliphatic heterocycles. The number of amides is 1. The highest BCUT2D eigenvalue weighted by Gasteiger charge is 2.18. The van der Waals surface area contributed by atoms with E-state index in [4.69, 9.17) is 4.74 Å². The maximum atomic E-state index is 11.4. The fourth-order valence-electron chi connectivity index (χ4n) is 3.03. The quantitative estimate of drug-likeness (QED) is 0.839. The van der Waals surface area contributed by atoms with Crippen molar-refractivity contribution in [2.24, 2.45) is 0 Å². The van der Waals surface area contributed by atoms with Gasteiger partial charge < -0.3 is 10.1 Å². The Hall–Kier alpha value is -2.34. The Labute approximate surface area is 148 Å². The lowest BCUT2D eigenvalue weighted by Crippen LogP contribution is -2.33. The Morgan fingerprint density at radius 3 is 2.76 bits per heavy atom. The molecule has 6 heteroatoms. The molecule has 1 aromatic heterocycles. The molecule has 1 N–H and O–H groups in total. The molecule has 0 unspecified atom stereocenters. The van der Waals surface area contributed by atoms with Crippen molar-refractivity contribution in [2.75, 3.05) is 13.2 Å². The SMILES string of the molecule is CCOc1ccc(CN2CCn3nc(CNC(=O)CC)cc3C2)cc1. The van der Waals surface area contributed by atoms with Gasteiger partial charge in [0.05, 0.1) is 31.1 Å². The number of carbonyl (C=O) groups excluding carboxylic acids is 1. The zero-order valence-corrected chi connectivity index (χ0v) is 15.0. The van der Waals surface area contributed by atoms with E-state index < -0.39 is 0 Å². The third-order valence-electron chi connectivity index (χ3n) is 4.36. The van der Waals surface area contributed by atoms with E-state index in [9.17, 15) is 4.79 Å². The van der Waals surface area contributed by atoms with Crippen molar-refractivity contribution in [3.05, 3.63) is 47.3 Å². The molecule has 0 saturated carbocycles. The van der Waals surface area contributed by atoms with E-state index in [0.29, 0.717) is 19.6 Å². The Bertz CT molecular complexity index is 709. The first-order chi connectivity index (χ1) is 12.2. The Morgan fingerprint density at radius 1 is 1.24 bits per heavy atom. The normalized spacial score (nSPS) is 14.2. The van der Waals surface area contributed by atoms with Gasteiger partial charge in [0, 0.05) is 26.1 Å². The van der Waals surface area contributed by atoms with Crippen molar-refractivity contribution in [2.45, 2.75) is 46.4 Å². The van der Waals surface area contributed by atoms with Crippen molar-refractivity contribution in [3.8, 4) is 5.75 Å². The van der Waals surface area contributed by atoms with Crippen LogP contribution >= 0.6 is 0 Å². The largest absolute Gasteiger partial charge is 0.494 e. The molecule has 1 amide bonds. The summed E-state index contributed by atoms with van der Waals surface area (Å²) in [5.74, 6) is 0.977. The number of nitrogens with zero attached hydrogens (tertiary/aromatic N) is 3. The zero-order chi connectivity index (χ0) is 17.6. The predicted molar refractivity (Wildman–Crippen MR) is 96.1 cm³/mol. The molecule has 2 aromatic rings. The van der Waals surface area contributed by atoms with Gasteiger partial charge in [-0.25, -0.2) is 0 Å². The summed E-state index contributed by atoms with van der Waals surface area (Å²) in [6.07, 6.45) is 0.503. The highest BCUT2D eigenvalue weighted by molar-refractivity contribution is 5.75. The summed E-state index contributed by atoms with van der Waals surface area (Å²) in [6.45, 7) is 8.69. The van der Waals surface area contributed by atoms with Crippen molar-refractivity contribution >= 4 is 5.91 Å². The van der Waals surface area contributed by atoms with E-state index in [0.717, 1.165) is 37.6 Å². The fourth-order valence-corrected chi connectivity index (χ4v) is 3.03. The smallest absolute Gasteiger partial charge is 0.220 e. The minimum atomic E-state index is 0.0584. The number of fused-ring (bicyclic) bond motifs is 1. The molecular formula is C19H26N4O2. The van der Waals surface area contributed by atoms with Crippen molar-refractivity contribution in [1.29, 1.82) is 0 Å². The second-order valence-electron chi connectivity index (χ2n) is 6.27. The molecule has 0 atom stereocenters. The van der Waals surface area contributed by atoms with Crippen LogP contribution in [-0.4, -0.2) is 33.7 Å². The maximum Gasteiger partial charge on any atom is 0.220 e. The van der Waals surface area contributed by atoms with Gasteiger partial charge >= 0.3 is 0 Å². The lowest BCUT2D eigenvalue weighted by Gasteiger charge is -2.27. The van der Waals surface area contributed by atoms with Gasteiger partial charge in [-0.15, -0.1) is 0 Å². The number of benzene rings is 1. The molecule has 3 rings (SSSR count). The summed E-state index contributed by atoms with van der Waals surface area (Å²) in [5.41, 5.74) is 3.42. The number of nitrogens with one attached hydrogen (secondary N) is 1. The molecule has 1 aliphatic rings. The summed E-state index contributed by atoms with van der Waals surface area (Å²) < 4.78 is 7.55. The topological polar surface area (TPSA) is 59.4 Å². The molecule has 0 saturated heterocycles. The van der Waals surface area contributed by atoms with Gasteiger partial charge in [-0.3, -0.25) is 14.4 Å². The first-order valence-corrected chi connectivity index (χ1v) is 8.94. The summed E-state index contributed by atoms with van der Waals surface area (Å²) >= 11 is 0. The number of carbonyl (C=O) groups is 1. The van der Waals surface area contributed by atoms with Crippen LogP contribution in [0.1, 0.15) is 37.2 Å². The molecule has 25 heavy (non-hydrogen) atoms. The van der Waals surface area contributed by atoms with Crippen molar-refractivity contribution in [1.82, 2.24) is 20.0 Å². The fraction of sp³-hybridized carbons (Fsp3) is 0.474. The number of hydrogen-bond donors (Lipinski definition) is 1. The highest BCUT2D eigenvalue weighted by atomic mass is 16.5. The van der Waals surface area contributed by atoms with Crippen molar-refractivity contribution in [3.63, 3.8) is 0 Å². The van der Waals surface area contributed by atoms with E-state index >= 15 is 0 Å². The second-order valence-corrected chi connectivity index (χ2v) is 6.27. The van der Waals surface area contributed by atoms with Gasteiger partial charge in [0.25, 0.3) is 0 Å². The Morgan fingerprint density at radius 2 is 2.04 bits per heavy atom. The summed E-state index contributed by atoms with van der Waals surface area (Å²) in [7, 11) is 0. The Kier molecular flexibility index (Phi) is 5.71. The molecule has 1 aromatic carbocycles. The number of ether oxygens (including phenoxy) is 1. The number of hydrogen-bond acceptors (Lipinski definition) is 4. The van der Waals surface area contributed by atoms with Gasteiger partial charge in [-0.1, -0.05) is 19.1 Å². The van der Waals surface area contributed by atoms with Crippen LogP contribution in [0.25, 0.3) is 0 Å². The minimum Gasteiger partial charge on any atom is -0.494 e. The van der Waals surface area contributed by atoms with Gasteiger partial charge in [0.15, 0.2) is 0 Å². The Balaban J connectivity index is 1.57. The van der Waals surface area contributed by atoms with Gasteiger partial charge in [-0.2, -0.15) is 5.10 Å². The summed E-state index contributed by atoms with van der Waals surface area (Å²) in [4.78, 5) is 13.8. The molecule has 0 fully saturated rings. The van der Waals surface area contributed by atoms with Crippen LogP contribution in [-0.2, 0) is 31.0 Å². The first kappa shape index (κ1) is 17.5. The van der Waals surface area contributed by atoms with Gasteiger partial charge in [0.2, 0.25) is 5.91 Å². The average molecular weight is 342 g/mol. The van der Waals surface area contributed by atoms with Crippen LogP contribution in [0.5, 0.6) is 5.75 Å². The number of rotatable bonds is 7. The van der Waals surface area contributed by atoms with Crippen LogP contribution in [0.3, 0.4) is 0 Å². The van der Waals surface area contributed by atoms with E-state index in [2.05, 4.69) is 38.2 Å². The van der Waals surface area contributed by atoms with E-state index in [1.165, 1.54) is 11.3 Å². The number of aromatic nitrogens is 2. The maximum absolute atomic E-state index is 11.4. The molecular weight excluding hydrogens is 316 g/mol. The van der Waals surface area contributed by atoms with E-state index in [-0.39, 0.29) is 5.91 Å². The molecule has 6 nitrogen and oxygen atoms in total.